The number of fused-ring (bicyclic) bond motifs is 1. The Bertz CT molecular complexity index is 1230. The third-order valence-corrected chi connectivity index (χ3v) is 7.17. The third-order valence-electron chi connectivity index (χ3n) is 6.44. The molecule has 1 unspecified atom stereocenters. The monoisotopic (exact) mass is 482 g/mol. The van der Waals surface area contributed by atoms with Gasteiger partial charge in [-0.2, -0.15) is 0 Å². The van der Waals surface area contributed by atoms with Crippen molar-refractivity contribution < 1.29 is 18.0 Å². The largest absolute Gasteiger partial charge is 0.760 e. The van der Waals surface area contributed by atoms with Gasteiger partial charge in [0, 0.05) is 30.4 Å². The number of pyridine rings is 1. The summed E-state index contributed by atoms with van der Waals surface area (Å²) in [6, 6.07) is 8.01. The minimum atomic E-state index is -2.34. The van der Waals surface area contributed by atoms with Crippen LogP contribution in [0.3, 0.4) is 0 Å². The van der Waals surface area contributed by atoms with E-state index in [1.165, 1.54) is 4.31 Å². The highest BCUT2D eigenvalue weighted by molar-refractivity contribution is 7.76. The number of aromatic nitrogens is 1. The second kappa shape index (κ2) is 10.4. The molecule has 2 aromatic heterocycles. The van der Waals surface area contributed by atoms with Gasteiger partial charge < -0.3 is 14.3 Å². The summed E-state index contributed by atoms with van der Waals surface area (Å²) in [4.78, 5) is 17.8. The van der Waals surface area contributed by atoms with E-state index in [2.05, 4.69) is 18.3 Å². The van der Waals surface area contributed by atoms with Crippen molar-refractivity contribution in [1.29, 1.82) is 0 Å². The van der Waals surface area contributed by atoms with Crippen LogP contribution in [0.1, 0.15) is 77.7 Å². The number of furan rings is 1. The SMILES string of the molecule is CCCCCN(Cc1nc2oc(-c3ccc(C)cc3C)c(C(=O)NC)c2cc1C1CC1)S(=O)[O-]. The zero-order chi connectivity index (χ0) is 24.4. The molecular weight excluding hydrogens is 450 g/mol. The minimum Gasteiger partial charge on any atom is -0.760 e. The molecule has 2 heterocycles. The van der Waals surface area contributed by atoms with E-state index in [1.54, 1.807) is 7.05 Å². The van der Waals surface area contributed by atoms with Crippen LogP contribution in [0.2, 0.25) is 0 Å². The highest BCUT2D eigenvalue weighted by atomic mass is 32.2. The Morgan fingerprint density at radius 1 is 1.26 bits per heavy atom. The summed E-state index contributed by atoms with van der Waals surface area (Å²) in [5, 5.41) is 3.41. The Morgan fingerprint density at radius 2 is 2.03 bits per heavy atom. The molecule has 1 amide bonds. The van der Waals surface area contributed by atoms with Crippen LogP contribution >= 0.6 is 0 Å². The lowest BCUT2D eigenvalue weighted by Gasteiger charge is -2.24. The van der Waals surface area contributed by atoms with Gasteiger partial charge in [0.15, 0.2) is 5.76 Å². The van der Waals surface area contributed by atoms with Crippen LogP contribution in [-0.4, -0.2) is 37.6 Å². The number of nitrogens with zero attached hydrogens (tertiary/aromatic N) is 2. The number of nitrogens with one attached hydrogen (secondary N) is 1. The summed E-state index contributed by atoms with van der Waals surface area (Å²) >= 11 is -2.34. The number of carbonyl (C=O) groups excluding carboxylic acids is 1. The Hall–Kier alpha value is -2.55. The van der Waals surface area contributed by atoms with Crippen LogP contribution in [0.25, 0.3) is 22.4 Å². The average Bonchev–Trinajstić information content (AvgIpc) is 3.58. The predicted octanol–water partition coefficient (Wildman–Crippen LogP) is 5.13. The van der Waals surface area contributed by atoms with Crippen molar-refractivity contribution in [3.8, 4) is 11.3 Å². The fourth-order valence-corrected chi connectivity index (χ4v) is 4.98. The van der Waals surface area contributed by atoms with E-state index >= 15 is 0 Å². The van der Waals surface area contributed by atoms with Crippen molar-refractivity contribution in [2.45, 2.75) is 65.3 Å². The summed E-state index contributed by atoms with van der Waals surface area (Å²) < 4.78 is 31.5. The molecule has 1 fully saturated rings. The number of carbonyl (C=O) groups is 1. The number of hydrogen-bond donors (Lipinski definition) is 1. The van der Waals surface area contributed by atoms with Crippen LogP contribution in [0.4, 0.5) is 0 Å². The molecule has 3 aromatic rings. The van der Waals surface area contributed by atoms with Gasteiger partial charge in [-0.3, -0.25) is 9.00 Å². The van der Waals surface area contributed by atoms with Crippen molar-refractivity contribution in [2.75, 3.05) is 13.6 Å². The number of amides is 1. The van der Waals surface area contributed by atoms with Gasteiger partial charge in [0.2, 0.25) is 5.71 Å². The molecule has 8 heteroatoms. The maximum Gasteiger partial charge on any atom is 0.255 e. The molecule has 182 valence electrons. The first-order valence-electron chi connectivity index (χ1n) is 11.9. The number of aryl methyl sites for hydroxylation is 2. The number of unbranched alkanes of at least 4 members (excludes halogenated alkanes) is 2. The van der Waals surface area contributed by atoms with Crippen LogP contribution in [0.5, 0.6) is 0 Å². The summed E-state index contributed by atoms with van der Waals surface area (Å²) in [6.45, 7) is 6.78. The molecule has 1 N–H and O–H groups in total. The topological polar surface area (TPSA) is 98.5 Å². The molecule has 0 aliphatic heterocycles. The highest BCUT2D eigenvalue weighted by Crippen LogP contribution is 2.44. The molecule has 0 spiro atoms. The molecule has 1 aromatic carbocycles. The van der Waals surface area contributed by atoms with E-state index < -0.39 is 11.3 Å². The smallest absolute Gasteiger partial charge is 0.255 e. The Kier molecular flexibility index (Phi) is 7.50. The number of hydrogen-bond acceptors (Lipinski definition) is 5. The molecule has 1 atom stereocenters. The van der Waals surface area contributed by atoms with Gasteiger partial charge in [0.1, 0.15) is 0 Å². The normalized spacial score (nSPS) is 14.6. The quantitative estimate of drug-likeness (QED) is 0.319. The average molecular weight is 483 g/mol. The van der Waals surface area contributed by atoms with E-state index in [4.69, 9.17) is 9.40 Å². The first-order valence-corrected chi connectivity index (χ1v) is 13.0. The van der Waals surface area contributed by atoms with Gasteiger partial charge in [0.05, 0.1) is 23.2 Å². The summed E-state index contributed by atoms with van der Waals surface area (Å²) in [6.07, 6.45) is 4.88. The molecule has 1 saturated carbocycles. The van der Waals surface area contributed by atoms with Gasteiger partial charge in [-0.1, -0.05) is 43.5 Å². The van der Waals surface area contributed by atoms with Gasteiger partial charge in [-0.05, 0) is 56.2 Å². The maximum absolute atomic E-state index is 13.0. The fourth-order valence-electron chi connectivity index (χ4n) is 4.47. The Balaban J connectivity index is 1.84. The zero-order valence-corrected chi connectivity index (χ0v) is 21.1. The predicted molar refractivity (Wildman–Crippen MR) is 133 cm³/mol. The second-order valence-corrected chi connectivity index (χ2v) is 10.1. The summed E-state index contributed by atoms with van der Waals surface area (Å²) in [7, 11) is 1.61. The van der Waals surface area contributed by atoms with E-state index in [9.17, 15) is 13.6 Å². The molecule has 4 rings (SSSR count). The van der Waals surface area contributed by atoms with Crippen LogP contribution in [-0.2, 0) is 17.8 Å². The lowest BCUT2D eigenvalue weighted by Crippen LogP contribution is -2.27. The molecular formula is C26H32N3O4S-. The van der Waals surface area contributed by atoms with Crippen molar-refractivity contribution in [1.82, 2.24) is 14.6 Å². The van der Waals surface area contributed by atoms with Gasteiger partial charge >= 0.3 is 0 Å². The lowest BCUT2D eigenvalue weighted by molar-refractivity contribution is 0.0964. The minimum absolute atomic E-state index is 0.205. The first-order chi connectivity index (χ1) is 16.3. The van der Waals surface area contributed by atoms with Gasteiger partial charge in [-0.15, -0.1) is 0 Å². The van der Waals surface area contributed by atoms with E-state index in [0.29, 0.717) is 40.6 Å². The van der Waals surface area contributed by atoms with Crippen molar-refractivity contribution in [2.24, 2.45) is 0 Å². The van der Waals surface area contributed by atoms with Crippen LogP contribution < -0.4 is 5.32 Å². The van der Waals surface area contributed by atoms with E-state index in [-0.39, 0.29) is 12.5 Å². The summed E-state index contributed by atoms with van der Waals surface area (Å²) in [5.41, 5.74) is 5.53. The molecule has 0 bridgehead atoms. The number of rotatable bonds is 10. The standard InChI is InChI=1S/C26H33N3O4S/c1-5-6-7-12-29(34(31)32)15-22-20(18-9-10-18)14-21-23(25(30)27-4)24(33-26(21)28-22)19-11-8-16(2)13-17(19)3/h8,11,13-14,18H,5-7,9-10,12,15H2,1-4H3,(H,27,30)(H,31,32)/p-1. The lowest BCUT2D eigenvalue weighted by atomic mass is 9.98. The maximum atomic E-state index is 13.0. The van der Waals surface area contributed by atoms with Crippen molar-refractivity contribution >= 4 is 28.3 Å². The highest BCUT2D eigenvalue weighted by Gasteiger charge is 2.31. The van der Waals surface area contributed by atoms with Crippen molar-refractivity contribution in [3.05, 3.63) is 52.2 Å². The molecule has 1 aliphatic carbocycles. The third kappa shape index (κ3) is 5.09. The van der Waals surface area contributed by atoms with Crippen molar-refractivity contribution in [3.63, 3.8) is 0 Å². The van der Waals surface area contributed by atoms with Gasteiger partial charge in [-0.25, -0.2) is 9.29 Å². The van der Waals surface area contributed by atoms with Gasteiger partial charge in [0.25, 0.3) is 5.91 Å². The first kappa shape index (κ1) is 24.6. The number of benzene rings is 1. The Labute approximate surface area is 203 Å². The molecule has 7 nitrogen and oxygen atoms in total. The molecule has 0 saturated heterocycles. The molecule has 1 aliphatic rings. The fraction of sp³-hybridized carbons (Fsp3) is 0.462. The Morgan fingerprint density at radius 3 is 2.65 bits per heavy atom. The molecule has 34 heavy (non-hydrogen) atoms. The summed E-state index contributed by atoms with van der Waals surface area (Å²) in [5.74, 6) is 0.596. The van der Waals surface area contributed by atoms with E-state index in [0.717, 1.165) is 54.4 Å². The molecule has 0 radical (unpaired) electrons. The van der Waals surface area contributed by atoms with E-state index in [1.807, 2.05) is 32.0 Å². The zero-order valence-electron chi connectivity index (χ0n) is 20.3. The van der Waals surface area contributed by atoms with Crippen LogP contribution in [0, 0.1) is 13.8 Å². The second-order valence-electron chi connectivity index (χ2n) is 9.14. The van der Waals surface area contributed by atoms with Crippen LogP contribution in [0.15, 0.2) is 28.7 Å².